The first kappa shape index (κ1) is 12.7. The highest BCUT2D eigenvalue weighted by molar-refractivity contribution is 5.31. The van der Waals surface area contributed by atoms with E-state index in [0.717, 1.165) is 24.5 Å². The summed E-state index contributed by atoms with van der Waals surface area (Å²) in [7, 11) is 2.01. The Bertz CT molecular complexity index is 496. The van der Waals surface area contributed by atoms with Gasteiger partial charge in [0.2, 0.25) is 0 Å². The minimum absolute atomic E-state index is 0.00991. The average molecular weight is 273 g/mol. The molecule has 1 aliphatic heterocycles. The van der Waals surface area contributed by atoms with Gasteiger partial charge in [0.25, 0.3) is 0 Å². The summed E-state index contributed by atoms with van der Waals surface area (Å²) in [4.78, 5) is 0. The third kappa shape index (κ3) is 1.80. The van der Waals surface area contributed by atoms with Crippen LogP contribution in [0.3, 0.4) is 0 Å². The third-order valence-corrected chi connectivity index (χ3v) is 5.41. The van der Waals surface area contributed by atoms with Gasteiger partial charge in [-0.1, -0.05) is 19.1 Å². The lowest BCUT2D eigenvalue weighted by molar-refractivity contribution is 0.0408. The molecule has 2 saturated carbocycles. The maximum atomic E-state index is 6.36. The summed E-state index contributed by atoms with van der Waals surface area (Å²) in [6, 6.07) is 9.04. The standard InChI is InChI=1S/C17H23NO2/c1-3-14(18-2)11-4-6-13(7-5-11)20-17-9-8-12(10-17)15-16(17)19-15/h4-7,12,14-16,18H,3,8-10H2,1-2H3. The smallest absolute Gasteiger partial charge is 0.138 e. The summed E-state index contributed by atoms with van der Waals surface area (Å²) in [5.41, 5.74) is 1.32. The van der Waals surface area contributed by atoms with Gasteiger partial charge in [-0.25, -0.2) is 0 Å². The summed E-state index contributed by atoms with van der Waals surface area (Å²) in [5, 5.41) is 3.34. The van der Waals surface area contributed by atoms with E-state index >= 15 is 0 Å². The second-order valence-corrected chi connectivity index (χ2v) is 6.51. The van der Waals surface area contributed by atoms with E-state index in [9.17, 15) is 0 Å². The Morgan fingerprint density at radius 2 is 2.20 bits per heavy atom. The molecule has 0 amide bonds. The molecule has 1 N–H and O–H groups in total. The average Bonchev–Trinajstić information content (AvgIpc) is 3.13. The lowest BCUT2D eigenvalue weighted by atomic mass is 9.97. The van der Waals surface area contributed by atoms with Gasteiger partial charge < -0.3 is 14.8 Å². The molecular formula is C17H23NO2. The van der Waals surface area contributed by atoms with Gasteiger partial charge in [-0.15, -0.1) is 0 Å². The van der Waals surface area contributed by atoms with E-state index in [1.807, 2.05) is 7.05 Å². The summed E-state index contributed by atoms with van der Waals surface area (Å²) in [6.07, 6.45) is 5.61. The van der Waals surface area contributed by atoms with Crippen LogP contribution in [-0.2, 0) is 4.74 Å². The number of hydrogen-bond donors (Lipinski definition) is 1. The van der Waals surface area contributed by atoms with Crippen molar-refractivity contribution in [2.45, 2.75) is 56.5 Å². The van der Waals surface area contributed by atoms with Crippen molar-refractivity contribution >= 4 is 0 Å². The zero-order valence-corrected chi connectivity index (χ0v) is 12.3. The van der Waals surface area contributed by atoms with E-state index in [1.54, 1.807) is 0 Å². The van der Waals surface area contributed by atoms with Crippen LogP contribution in [0.4, 0.5) is 0 Å². The van der Waals surface area contributed by atoms with E-state index in [-0.39, 0.29) is 5.60 Å². The molecule has 3 aliphatic rings. The fraction of sp³-hybridized carbons (Fsp3) is 0.647. The highest BCUT2D eigenvalue weighted by Crippen LogP contribution is 2.60. The number of epoxide rings is 1. The van der Waals surface area contributed by atoms with Crippen molar-refractivity contribution in [3.05, 3.63) is 29.8 Å². The molecule has 1 saturated heterocycles. The Morgan fingerprint density at radius 1 is 1.40 bits per heavy atom. The molecule has 1 aromatic carbocycles. The van der Waals surface area contributed by atoms with Crippen molar-refractivity contribution in [3.8, 4) is 5.75 Å². The molecular weight excluding hydrogens is 250 g/mol. The van der Waals surface area contributed by atoms with Crippen molar-refractivity contribution in [1.82, 2.24) is 5.32 Å². The highest BCUT2D eigenvalue weighted by Gasteiger charge is 2.70. The number of benzene rings is 1. The second kappa shape index (κ2) is 4.47. The van der Waals surface area contributed by atoms with Gasteiger partial charge in [-0.05, 0) is 56.3 Å². The molecule has 2 bridgehead atoms. The van der Waals surface area contributed by atoms with E-state index in [0.29, 0.717) is 18.2 Å². The molecule has 2 aliphatic carbocycles. The van der Waals surface area contributed by atoms with Crippen LogP contribution in [0.2, 0.25) is 0 Å². The lowest BCUT2D eigenvalue weighted by Gasteiger charge is -2.28. The van der Waals surface area contributed by atoms with Crippen LogP contribution in [0, 0.1) is 5.92 Å². The SMILES string of the molecule is CCC(NC)c1ccc(OC23CCC(C2)C2OC23)cc1. The van der Waals surface area contributed by atoms with Gasteiger partial charge >= 0.3 is 0 Å². The molecule has 3 heteroatoms. The Morgan fingerprint density at radius 3 is 2.80 bits per heavy atom. The maximum Gasteiger partial charge on any atom is 0.138 e. The first-order valence-electron chi connectivity index (χ1n) is 7.87. The largest absolute Gasteiger partial charge is 0.484 e. The topological polar surface area (TPSA) is 33.8 Å². The minimum atomic E-state index is -0.00991. The molecule has 0 aromatic heterocycles. The van der Waals surface area contributed by atoms with Crippen LogP contribution in [0.15, 0.2) is 24.3 Å². The lowest BCUT2D eigenvalue weighted by Crippen LogP contribution is -2.37. The van der Waals surface area contributed by atoms with Crippen LogP contribution in [0.5, 0.6) is 5.75 Å². The van der Waals surface area contributed by atoms with Crippen molar-refractivity contribution in [2.75, 3.05) is 7.05 Å². The molecule has 3 nitrogen and oxygen atoms in total. The Balaban J connectivity index is 1.50. The van der Waals surface area contributed by atoms with Crippen LogP contribution in [0.25, 0.3) is 0 Å². The summed E-state index contributed by atoms with van der Waals surface area (Å²) in [5.74, 6) is 1.75. The van der Waals surface area contributed by atoms with E-state index in [4.69, 9.17) is 9.47 Å². The van der Waals surface area contributed by atoms with Crippen molar-refractivity contribution in [1.29, 1.82) is 0 Å². The highest BCUT2D eigenvalue weighted by atomic mass is 16.6. The van der Waals surface area contributed by atoms with Crippen LogP contribution in [0.1, 0.15) is 44.2 Å². The first-order chi connectivity index (χ1) is 9.75. The van der Waals surface area contributed by atoms with Crippen molar-refractivity contribution in [2.24, 2.45) is 5.92 Å². The quantitative estimate of drug-likeness (QED) is 0.837. The Kier molecular flexibility index (Phi) is 2.83. The summed E-state index contributed by atoms with van der Waals surface area (Å²) in [6.45, 7) is 2.20. The van der Waals surface area contributed by atoms with Gasteiger partial charge in [0.1, 0.15) is 17.5 Å². The molecule has 1 heterocycles. The molecule has 0 radical (unpaired) electrons. The fourth-order valence-corrected chi connectivity index (χ4v) is 4.28. The van der Waals surface area contributed by atoms with Crippen molar-refractivity contribution < 1.29 is 9.47 Å². The Labute approximate surface area is 120 Å². The molecule has 20 heavy (non-hydrogen) atoms. The van der Waals surface area contributed by atoms with Gasteiger partial charge in [0, 0.05) is 6.04 Å². The van der Waals surface area contributed by atoms with E-state index < -0.39 is 0 Å². The van der Waals surface area contributed by atoms with Gasteiger partial charge in [-0.2, -0.15) is 0 Å². The second-order valence-electron chi connectivity index (χ2n) is 6.51. The monoisotopic (exact) mass is 273 g/mol. The number of ether oxygens (including phenoxy) is 2. The van der Waals surface area contributed by atoms with Crippen LogP contribution >= 0.6 is 0 Å². The zero-order valence-electron chi connectivity index (χ0n) is 12.3. The molecule has 5 atom stereocenters. The van der Waals surface area contributed by atoms with Gasteiger partial charge in [0.05, 0.1) is 6.10 Å². The molecule has 0 spiro atoms. The maximum absolute atomic E-state index is 6.36. The molecule has 5 unspecified atom stereocenters. The number of nitrogens with one attached hydrogen (secondary N) is 1. The molecule has 4 rings (SSSR count). The number of rotatable bonds is 5. The van der Waals surface area contributed by atoms with Gasteiger partial charge in [0.15, 0.2) is 0 Å². The predicted octanol–water partition coefficient (Wildman–Crippen LogP) is 3.06. The fourth-order valence-electron chi connectivity index (χ4n) is 4.28. The van der Waals surface area contributed by atoms with E-state index in [2.05, 4.69) is 36.5 Å². The van der Waals surface area contributed by atoms with Crippen molar-refractivity contribution in [3.63, 3.8) is 0 Å². The van der Waals surface area contributed by atoms with Crippen LogP contribution < -0.4 is 10.1 Å². The van der Waals surface area contributed by atoms with Crippen LogP contribution in [-0.4, -0.2) is 24.9 Å². The summed E-state index contributed by atoms with van der Waals surface area (Å²) < 4.78 is 12.1. The minimum Gasteiger partial charge on any atom is -0.484 e. The molecule has 108 valence electrons. The summed E-state index contributed by atoms with van der Waals surface area (Å²) >= 11 is 0. The predicted molar refractivity (Wildman–Crippen MR) is 77.9 cm³/mol. The third-order valence-electron chi connectivity index (χ3n) is 5.41. The zero-order chi connectivity index (χ0) is 13.7. The normalized spacial score (nSPS) is 38.6. The molecule has 3 fully saturated rings. The number of hydrogen-bond acceptors (Lipinski definition) is 3. The van der Waals surface area contributed by atoms with Gasteiger partial charge in [-0.3, -0.25) is 0 Å². The molecule has 1 aromatic rings. The number of fused-ring (bicyclic) bond motifs is 5. The van der Waals surface area contributed by atoms with E-state index in [1.165, 1.54) is 18.4 Å². The Hall–Kier alpha value is -1.06. The first-order valence-corrected chi connectivity index (χ1v) is 7.87.